The summed E-state index contributed by atoms with van der Waals surface area (Å²) < 4.78 is 5.07. The molecule has 0 rings (SSSR count). The first kappa shape index (κ1) is 15.4. The van der Waals surface area contributed by atoms with Crippen LogP contribution >= 0.6 is 22.7 Å². The highest BCUT2D eigenvalue weighted by molar-refractivity contribution is 9.26. The maximum atomic E-state index is 11.3. The first-order valence-corrected chi connectivity index (χ1v) is 10.6. The van der Waals surface area contributed by atoms with Crippen LogP contribution in [0.5, 0.6) is 0 Å². The van der Waals surface area contributed by atoms with Crippen LogP contribution in [-0.2, 0) is 46.4 Å². The molecule has 0 bridgehead atoms. The second-order valence-corrected chi connectivity index (χ2v) is 14.0. The number of ketones is 1. The van der Waals surface area contributed by atoms with Crippen LogP contribution in [0.15, 0.2) is 0 Å². The summed E-state index contributed by atoms with van der Waals surface area (Å²) in [4.78, 5) is 11.3. The standard InChI is InChI=1S/C5H11NO2S6/c1-4(6-2)5(7)3-8-12-14(11)13(9)10/h4,6H,3H2,1-2H3,(H,9,10)/t4-,14?/m0/s1. The van der Waals surface area contributed by atoms with E-state index in [1.807, 2.05) is 0 Å². The Labute approximate surface area is 106 Å². The fraction of sp³-hybridized carbons (Fsp3) is 0.800. The summed E-state index contributed by atoms with van der Waals surface area (Å²) in [5.41, 5.74) is 0. The molecule has 0 amide bonds. The fourth-order valence-corrected chi connectivity index (χ4v) is 3.66. The van der Waals surface area contributed by atoms with Crippen molar-refractivity contribution in [1.29, 1.82) is 0 Å². The monoisotopic (exact) mass is 309 g/mol. The topological polar surface area (TPSA) is 38.3 Å². The number of carbonyl (C=O) groups is 1. The molecular formula is C5H11NO2S6. The highest BCUT2D eigenvalue weighted by Crippen LogP contribution is 2.16. The van der Waals surface area contributed by atoms with Crippen LogP contribution in [0.4, 0.5) is 0 Å². The Bertz CT molecular complexity index is 244. The molecule has 0 saturated carbocycles. The van der Waals surface area contributed by atoms with Crippen molar-refractivity contribution in [3.05, 3.63) is 0 Å². The molecule has 0 heterocycles. The predicted molar refractivity (Wildman–Crippen MR) is 75.5 cm³/mol. The van der Waals surface area contributed by atoms with Gasteiger partial charge < -0.3 is 5.32 Å². The molecule has 0 aliphatic heterocycles. The third kappa shape index (κ3) is 6.83. The van der Waals surface area contributed by atoms with Gasteiger partial charge >= 0.3 is 0 Å². The summed E-state index contributed by atoms with van der Waals surface area (Å²) in [5, 5.41) is 2.83. The van der Waals surface area contributed by atoms with E-state index in [4.69, 9.17) is 26.6 Å². The average Bonchev–Trinajstić information content (AvgIpc) is 2.15. The zero-order valence-electron chi connectivity index (χ0n) is 7.59. The summed E-state index contributed by atoms with van der Waals surface area (Å²) in [7, 11) is 0.626. The fourth-order valence-electron chi connectivity index (χ4n) is 0.431. The van der Waals surface area contributed by atoms with Gasteiger partial charge in [0.1, 0.15) is 6.61 Å². The molecule has 9 heteroatoms. The van der Waals surface area contributed by atoms with E-state index < -0.39 is 15.0 Å². The largest absolute Gasteiger partial charge is 0.311 e. The zero-order chi connectivity index (χ0) is 11.1. The quantitative estimate of drug-likeness (QED) is 0.409. The Kier molecular flexibility index (Phi) is 9.44. The van der Waals surface area contributed by atoms with Gasteiger partial charge in [-0.1, -0.05) is 11.7 Å². The van der Waals surface area contributed by atoms with Crippen molar-refractivity contribution in [2.24, 2.45) is 0 Å². The second kappa shape index (κ2) is 8.57. The predicted octanol–water partition coefficient (Wildman–Crippen LogP) is 0.663. The lowest BCUT2D eigenvalue weighted by Gasteiger charge is -2.08. The Hall–Kier alpha value is 1.43. The van der Waals surface area contributed by atoms with Gasteiger partial charge in [-0.2, -0.15) is 0 Å². The maximum Gasteiger partial charge on any atom is 0.176 e. The highest BCUT2D eigenvalue weighted by atomic mass is 33.9. The third-order valence-electron chi connectivity index (χ3n) is 1.34. The SMILES string of the molecule is CN[C@@H](C)C(=O)COSS(=S)S(=S)S. The van der Waals surface area contributed by atoms with Crippen LogP contribution in [0.2, 0.25) is 0 Å². The van der Waals surface area contributed by atoms with E-state index in [0.717, 1.165) is 11.1 Å². The molecule has 0 fully saturated rings. The van der Waals surface area contributed by atoms with E-state index in [-0.39, 0.29) is 18.4 Å². The minimum absolute atomic E-state index is 0.00424. The van der Waals surface area contributed by atoms with E-state index in [1.54, 1.807) is 14.0 Å². The smallest absolute Gasteiger partial charge is 0.176 e. The molecule has 14 heavy (non-hydrogen) atoms. The van der Waals surface area contributed by atoms with Crippen LogP contribution in [0.1, 0.15) is 6.92 Å². The van der Waals surface area contributed by atoms with Crippen molar-refractivity contribution in [2.45, 2.75) is 13.0 Å². The molecular weight excluding hydrogens is 298 g/mol. The molecule has 1 N–H and O–H groups in total. The summed E-state index contributed by atoms with van der Waals surface area (Å²) in [6, 6.07) is -0.194. The summed E-state index contributed by atoms with van der Waals surface area (Å²) in [6.07, 6.45) is 0. The molecule has 0 aromatic rings. The van der Waals surface area contributed by atoms with E-state index in [0.29, 0.717) is 0 Å². The summed E-state index contributed by atoms with van der Waals surface area (Å²) in [5.74, 6) is -0.00424. The van der Waals surface area contributed by atoms with Gasteiger partial charge in [0.25, 0.3) is 0 Å². The first-order valence-electron chi connectivity index (χ1n) is 3.52. The van der Waals surface area contributed by atoms with Gasteiger partial charge in [-0.05, 0) is 36.3 Å². The molecule has 2 unspecified atom stereocenters. The molecule has 0 aromatic heterocycles. The van der Waals surface area contributed by atoms with Crippen molar-refractivity contribution in [3.63, 3.8) is 0 Å². The van der Waals surface area contributed by atoms with Gasteiger partial charge in [-0.25, -0.2) is 0 Å². The molecule has 0 aromatic carbocycles. The minimum atomic E-state index is -0.556. The first-order chi connectivity index (χ1) is 6.49. The molecule has 3 atom stereocenters. The zero-order valence-corrected chi connectivity index (χ0v) is 12.6. The number of nitrogens with one attached hydrogen (secondary N) is 1. The van der Waals surface area contributed by atoms with Crippen molar-refractivity contribution in [2.75, 3.05) is 13.7 Å². The van der Waals surface area contributed by atoms with Crippen LogP contribution < -0.4 is 5.32 Å². The van der Waals surface area contributed by atoms with Crippen LogP contribution in [0, 0.1) is 0 Å². The molecule has 0 saturated heterocycles. The van der Waals surface area contributed by atoms with Gasteiger partial charge in [-0.3, -0.25) is 8.98 Å². The van der Waals surface area contributed by atoms with Crippen LogP contribution in [-0.4, -0.2) is 25.5 Å². The molecule has 84 valence electrons. The van der Waals surface area contributed by atoms with Gasteiger partial charge in [0.05, 0.1) is 17.1 Å². The number of thiol groups is 1. The van der Waals surface area contributed by atoms with Gasteiger partial charge in [0.15, 0.2) is 5.78 Å². The molecule has 0 radical (unpaired) electrons. The van der Waals surface area contributed by atoms with E-state index in [1.165, 1.54) is 0 Å². The van der Waals surface area contributed by atoms with Crippen LogP contribution in [0.3, 0.4) is 0 Å². The molecule has 3 nitrogen and oxygen atoms in total. The molecule has 0 spiro atoms. The van der Waals surface area contributed by atoms with E-state index in [2.05, 4.69) is 17.0 Å². The highest BCUT2D eigenvalue weighted by Gasteiger charge is 2.11. The van der Waals surface area contributed by atoms with E-state index in [9.17, 15) is 4.79 Å². The number of likely N-dealkylation sites (N-methyl/N-ethyl adjacent to an activating group) is 1. The average molecular weight is 310 g/mol. The lowest BCUT2D eigenvalue weighted by Crippen LogP contribution is -2.33. The normalized spacial score (nSPS) is 17.4. The third-order valence-corrected chi connectivity index (χ3v) is 12.6. The van der Waals surface area contributed by atoms with E-state index >= 15 is 0 Å². The maximum absolute atomic E-state index is 11.3. The van der Waals surface area contributed by atoms with Crippen molar-refractivity contribution in [3.8, 4) is 0 Å². The lowest BCUT2D eigenvalue weighted by molar-refractivity contribution is -0.122. The second-order valence-electron chi connectivity index (χ2n) is 2.23. The number of hydrogen-bond acceptors (Lipinski definition) is 6. The van der Waals surface area contributed by atoms with Crippen molar-refractivity contribution >= 4 is 65.9 Å². The summed E-state index contributed by atoms with van der Waals surface area (Å²) in [6.45, 7) is 1.83. The van der Waals surface area contributed by atoms with Crippen molar-refractivity contribution < 1.29 is 8.98 Å². The molecule has 0 aliphatic carbocycles. The molecule has 0 aliphatic rings. The lowest BCUT2D eigenvalue weighted by atomic mass is 10.2. The Morgan fingerprint density at radius 3 is 2.71 bits per heavy atom. The summed E-state index contributed by atoms with van der Waals surface area (Å²) >= 11 is 14.9. The number of rotatable bonds is 7. The Morgan fingerprint density at radius 1 is 1.71 bits per heavy atom. The van der Waals surface area contributed by atoms with Crippen molar-refractivity contribution in [1.82, 2.24) is 5.32 Å². The van der Waals surface area contributed by atoms with Gasteiger partial charge in [0, 0.05) is 15.0 Å². The Balaban J connectivity index is 3.70. The van der Waals surface area contributed by atoms with Gasteiger partial charge in [0.2, 0.25) is 0 Å². The Morgan fingerprint density at radius 2 is 2.29 bits per heavy atom. The van der Waals surface area contributed by atoms with Crippen LogP contribution in [0.25, 0.3) is 0 Å². The number of carbonyl (C=O) groups excluding carboxylic acids is 1. The van der Waals surface area contributed by atoms with Gasteiger partial charge in [-0.15, -0.1) is 0 Å². The number of Topliss-reactive ketones (excluding diaryl/α,β-unsaturated/α-hetero) is 1. The minimum Gasteiger partial charge on any atom is -0.311 e. The number of hydrogen-bond donors (Lipinski definition) is 2.